The van der Waals surface area contributed by atoms with Crippen LogP contribution in [0.3, 0.4) is 0 Å². The second-order valence-electron chi connectivity index (χ2n) is 5.42. The number of anilines is 1. The Morgan fingerprint density at radius 1 is 1.23 bits per heavy atom. The van der Waals surface area contributed by atoms with Gasteiger partial charge in [-0.25, -0.2) is 4.79 Å². The van der Waals surface area contributed by atoms with Gasteiger partial charge in [0, 0.05) is 5.69 Å². The Kier molecular flexibility index (Phi) is 6.26. The van der Waals surface area contributed by atoms with Gasteiger partial charge in [0.15, 0.2) is 0 Å². The molecular formula is C16H20N2O4. The number of amides is 2. The second kappa shape index (κ2) is 7.93. The van der Waals surface area contributed by atoms with Crippen molar-refractivity contribution in [1.82, 2.24) is 5.32 Å². The molecule has 0 fully saturated rings. The van der Waals surface area contributed by atoms with Gasteiger partial charge < -0.3 is 14.8 Å². The van der Waals surface area contributed by atoms with Crippen molar-refractivity contribution in [2.75, 3.05) is 18.5 Å². The van der Waals surface area contributed by atoms with E-state index in [9.17, 15) is 9.59 Å². The summed E-state index contributed by atoms with van der Waals surface area (Å²) in [5, 5.41) is 5.02. The quantitative estimate of drug-likeness (QED) is 0.815. The topological polar surface area (TPSA) is 76.7 Å². The van der Waals surface area contributed by atoms with Crippen molar-refractivity contribution in [2.45, 2.75) is 26.4 Å². The molecule has 2 amide bonds. The minimum atomic E-state index is -0.766. The Hall–Kier alpha value is -2.68. The van der Waals surface area contributed by atoms with Crippen LogP contribution in [0.25, 0.3) is 0 Å². The highest BCUT2D eigenvalue weighted by molar-refractivity contribution is 5.94. The molecule has 0 atom stereocenters. The first-order chi connectivity index (χ1) is 10.3. The second-order valence-corrected chi connectivity index (χ2v) is 5.42. The minimum absolute atomic E-state index is 0.0518. The fraction of sp³-hybridized carbons (Fsp3) is 0.375. The number of rotatable bonds is 5. The first-order valence-electron chi connectivity index (χ1n) is 6.73. The Bertz CT molecular complexity index is 553. The molecule has 2 N–H and O–H groups in total. The molecule has 0 spiro atoms. The Labute approximate surface area is 130 Å². The van der Waals surface area contributed by atoms with Crippen LogP contribution in [0.15, 0.2) is 24.3 Å². The minimum Gasteiger partial charge on any atom is -0.481 e. The van der Waals surface area contributed by atoms with Crippen molar-refractivity contribution in [3.8, 4) is 18.1 Å². The molecule has 0 unspecified atom stereocenters. The molecule has 1 aromatic carbocycles. The fourth-order valence-corrected chi connectivity index (χ4v) is 1.44. The highest BCUT2D eigenvalue weighted by Crippen LogP contribution is 2.15. The summed E-state index contributed by atoms with van der Waals surface area (Å²) in [6, 6.07) is 6.94. The van der Waals surface area contributed by atoms with Crippen molar-refractivity contribution in [3.05, 3.63) is 24.3 Å². The van der Waals surface area contributed by atoms with Gasteiger partial charge in [0.2, 0.25) is 5.91 Å². The molecule has 0 radical (unpaired) electrons. The van der Waals surface area contributed by atoms with E-state index in [1.807, 2.05) is 0 Å². The van der Waals surface area contributed by atoms with E-state index < -0.39 is 17.6 Å². The Morgan fingerprint density at radius 2 is 1.86 bits per heavy atom. The summed E-state index contributed by atoms with van der Waals surface area (Å²) in [7, 11) is 0. The Morgan fingerprint density at radius 3 is 2.41 bits per heavy atom. The molecular weight excluding hydrogens is 284 g/mol. The Balaban J connectivity index is 2.38. The van der Waals surface area contributed by atoms with E-state index in [0.717, 1.165) is 0 Å². The van der Waals surface area contributed by atoms with Crippen LogP contribution in [-0.2, 0) is 9.53 Å². The number of alkyl carbamates (subject to hydrolysis) is 1. The van der Waals surface area contributed by atoms with Gasteiger partial charge in [0.05, 0.1) is 6.54 Å². The lowest BCUT2D eigenvalue weighted by molar-refractivity contribution is -0.119. The molecule has 0 saturated heterocycles. The third kappa shape index (κ3) is 7.20. The molecule has 0 saturated carbocycles. The number of carbonyl (C=O) groups excluding carboxylic acids is 2. The summed E-state index contributed by atoms with van der Waals surface area (Å²) in [6.45, 7) is 5.31. The molecule has 0 aliphatic heterocycles. The van der Waals surface area contributed by atoms with E-state index >= 15 is 0 Å². The third-order valence-corrected chi connectivity index (χ3v) is 2.27. The lowest BCUT2D eigenvalue weighted by Gasteiger charge is -2.19. The molecule has 0 aliphatic carbocycles. The van der Waals surface area contributed by atoms with E-state index in [1.54, 1.807) is 45.0 Å². The van der Waals surface area contributed by atoms with Crippen LogP contribution >= 0.6 is 0 Å². The van der Waals surface area contributed by atoms with Crippen molar-refractivity contribution in [2.24, 2.45) is 0 Å². The third-order valence-electron chi connectivity index (χ3n) is 2.27. The zero-order valence-electron chi connectivity index (χ0n) is 12.9. The van der Waals surface area contributed by atoms with Gasteiger partial charge in [-0.15, -0.1) is 6.42 Å². The zero-order valence-corrected chi connectivity index (χ0v) is 12.9. The number of ether oxygens (including phenoxy) is 2. The SMILES string of the molecule is C#CCOc1ccc(NCC(=O)NC(=O)OC(C)(C)C)cc1. The lowest BCUT2D eigenvalue weighted by atomic mass is 10.2. The van der Waals surface area contributed by atoms with Crippen molar-refractivity contribution in [3.63, 3.8) is 0 Å². The molecule has 22 heavy (non-hydrogen) atoms. The van der Waals surface area contributed by atoms with Crippen LogP contribution in [0.1, 0.15) is 20.8 Å². The first kappa shape index (κ1) is 17.4. The summed E-state index contributed by atoms with van der Waals surface area (Å²) in [4.78, 5) is 23.0. The molecule has 1 aromatic rings. The van der Waals surface area contributed by atoms with Gasteiger partial charge >= 0.3 is 6.09 Å². The van der Waals surface area contributed by atoms with E-state index in [2.05, 4.69) is 16.6 Å². The smallest absolute Gasteiger partial charge is 0.414 e. The maximum atomic E-state index is 11.6. The first-order valence-corrected chi connectivity index (χ1v) is 6.73. The lowest BCUT2D eigenvalue weighted by Crippen LogP contribution is -2.39. The predicted octanol–water partition coefficient (Wildman–Crippen LogP) is 2.16. The molecule has 1 rings (SSSR count). The van der Waals surface area contributed by atoms with Gasteiger partial charge in [-0.2, -0.15) is 0 Å². The van der Waals surface area contributed by atoms with E-state index in [1.165, 1.54) is 0 Å². The van der Waals surface area contributed by atoms with Crippen LogP contribution in [0.2, 0.25) is 0 Å². The molecule has 0 aromatic heterocycles. The average molecular weight is 304 g/mol. The number of imide groups is 1. The molecule has 0 bridgehead atoms. The largest absolute Gasteiger partial charge is 0.481 e. The van der Waals surface area contributed by atoms with Crippen molar-refractivity contribution in [1.29, 1.82) is 0 Å². The highest BCUT2D eigenvalue weighted by atomic mass is 16.6. The number of nitrogens with one attached hydrogen (secondary N) is 2. The summed E-state index contributed by atoms with van der Waals surface area (Å²) >= 11 is 0. The van der Waals surface area contributed by atoms with Crippen LogP contribution in [0.5, 0.6) is 5.75 Å². The number of carbonyl (C=O) groups is 2. The van der Waals surface area contributed by atoms with E-state index in [-0.39, 0.29) is 13.2 Å². The predicted molar refractivity (Wildman–Crippen MR) is 83.6 cm³/mol. The van der Waals surface area contributed by atoms with Crippen LogP contribution in [0, 0.1) is 12.3 Å². The van der Waals surface area contributed by atoms with Gasteiger partial charge in [-0.1, -0.05) is 5.92 Å². The normalized spacial score (nSPS) is 10.3. The molecule has 0 aliphatic rings. The van der Waals surface area contributed by atoms with E-state index in [0.29, 0.717) is 11.4 Å². The molecule has 0 heterocycles. The van der Waals surface area contributed by atoms with Crippen LogP contribution < -0.4 is 15.4 Å². The van der Waals surface area contributed by atoms with Crippen molar-refractivity contribution >= 4 is 17.7 Å². The van der Waals surface area contributed by atoms with Crippen LogP contribution in [0.4, 0.5) is 10.5 Å². The van der Waals surface area contributed by atoms with E-state index in [4.69, 9.17) is 15.9 Å². The summed E-state index contributed by atoms with van der Waals surface area (Å²) in [5.41, 5.74) is 0.0684. The van der Waals surface area contributed by atoms with Gasteiger partial charge in [0.1, 0.15) is 18.0 Å². The number of hydrogen-bond donors (Lipinski definition) is 2. The standard InChI is InChI=1S/C16H20N2O4/c1-5-10-21-13-8-6-12(7-9-13)17-11-14(19)18-15(20)22-16(2,3)4/h1,6-9,17H,10-11H2,2-4H3,(H,18,19,20). The molecule has 118 valence electrons. The summed E-state index contributed by atoms with van der Waals surface area (Å²) < 4.78 is 10.2. The summed E-state index contributed by atoms with van der Waals surface area (Å²) in [6.07, 6.45) is 4.33. The van der Waals surface area contributed by atoms with Gasteiger partial charge in [-0.3, -0.25) is 10.1 Å². The van der Waals surface area contributed by atoms with Gasteiger partial charge in [-0.05, 0) is 45.0 Å². The van der Waals surface area contributed by atoms with Gasteiger partial charge in [0.25, 0.3) is 0 Å². The van der Waals surface area contributed by atoms with Crippen LogP contribution in [-0.4, -0.2) is 30.8 Å². The fourth-order valence-electron chi connectivity index (χ4n) is 1.44. The molecule has 6 nitrogen and oxygen atoms in total. The molecule has 6 heteroatoms. The monoisotopic (exact) mass is 304 g/mol. The maximum Gasteiger partial charge on any atom is 0.414 e. The van der Waals surface area contributed by atoms with Crippen molar-refractivity contribution < 1.29 is 19.1 Å². The number of terminal acetylenes is 1. The highest BCUT2D eigenvalue weighted by Gasteiger charge is 2.17. The maximum absolute atomic E-state index is 11.6. The zero-order chi connectivity index (χ0) is 16.6. The number of hydrogen-bond acceptors (Lipinski definition) is 5. The number of benzene rings is 1. The average Bonchev–Trinajstić information content (AvgIpc) is 2.42. The summed E-state index contributed by atoms with van der Waals surface area (Å²) in [5.74, 6) is 2.53.